The number of pyridine rings is 1. The smallest absolute Gasteiger partial charge is 0.410 e. The molecule has 8 rings (SSSR count). The number of nitrogens with zero attached hydrogens (tertiary/aromatic N) is 4. The van der Waals surface area contributed by atoms with Crippen molar-refractivity contribution in [1.29, 1.82) is 0 Å². The number of benzene rings is 1. The SMILES string of the molecule is COc1ccc(C23CCC(C(NC(=O)C4CCC(OC(=O)N5CC(O)C5)CC4)c4cc(-c5ccn(C(C)(C)C)n5)ccn4)(CC2)CC3)cc1C. The number of methoxy groups -OCH3 is 1. The lowest BCUT2D eigenvalue weighted by molar-refractivity contribution is -0.129. The number of aromatic nitrogens is 3. The van der Waals surface area contributed by atoms with Crippen molar-refractivity contribution in [2.75, 3.05) is 20.2 Å². The van der Waals surface area contributed by atoms with Gasteiger partial charge in [-0.15, -0.1) is 0 Å². The molecule has 4 aliphatic carbocycles. The Bertz CT molecular complexity index is 1690. The van der Waals surface area contributed by atoms with Crippen LogP contribution in [-0.2, 0) is 20.5 Å². The number of fused-ring (bicyclic) bond motifs is 3. The standard InChI is InChI=1S/C40H53N5O5/c1-26-22-29(8-11-34(26)49-5)39-14-17-40(18-15-39,19-16-39)35(33-23-28(12-20-41-33)32-13-21-45(43-32)38(2,3)4)42-36(47)27-6-9-31(10-7-27)50-37(48)44-24-30(46)25-44/h8,11-13,20-23,27,30-31,35,46H,6-7,9-10,14-19,24-25H2,1-5H3,(H,42,47). The Labute approximate surface area is 295 Å². The van der Waals surface area contributed by atoms with Gasteiger partial charge < -0.3 is 24.8 Å². The number of likely N-dealkylation sites (tertiary alicyclic amines) is 1. The van der Waals surface area contributed by atoms with Crippen molar-refractivity contribution in [3.05, 3.63) is 65.6 Å². The summed E-state index contributed by atoms with van der Waals surface area (Å²) < 4.78 is 13.3. The number of aryl methyl sites for hydroxylation is 1. The zero-order valence-corrected chi connectivity index (χ0v) is 30.3. The molecule has 2 N–H and O–H groups in total. The molecule has 268 valence electrons. The molecule has 0 spiro atoms. The van der Waals surface area contributed by atoms with E-state index >= 15 is 0 Å². The number of carbonyl (C=O) groups is 2. The van der Waals surface area contributed by atoms with Crippen LogP contribution in [0.3, 0.4) is 0 Å². The van der Waals surface area contributed by atoms with Crippen molar-refractivity contribution in [3.8, 4) is 17.0 Å². The summed E-state index contributed by atoms with van der Waals surface area (Å²) in [5.41, 5.74) is 5.30. The topological polar surface area (TPSA) is 119 Å². The van der Waals surface area contributed by atoms with Crippen LogP contribution in [-0.4, -0.2) is 69.2 Å². The van der Waals surface area contributed by atoms with Crippen molar-refractivity contribution in [1.82, 2.24) is 25.0 Å². The Hall–Kier alpha value is -3.92. The molecule has 5 aliphatic rings. The first-order valence-corrected chi connectivity index (χ1v) is 18.5. The van der Waals surface area contributed by atoms with E-state index in [0.717, 1.165) is 61.2 Å². The summed E-state index contributed by atoms with van der Waals surface area (Å²) in [4.78, 5) is 33.1. The monoisotopic (exact) mass is 683 g/mol. The zero-order valence-electron chi connectivity index (χ0n) is 30.3. The molecule has 1 atom stereocenters. The Morgan fingerprint density at radius 1 is 0.980 bits per heavy atom. The van der Waals surface area contributed by atoms with Crippen molar-refractivity contribution >= 4 is 12.0 Å². The van der Waals surface area contributed by atoms with Gasteiger partial charge in [-0.05, 0) is 138 Å². The molecule has 3 heterocycles. The molecule has 10 nitrogen and oxygen atoms in total. The summed E-state index contributed by atoms with van der Waals surface area (Å²) in [6.45, 7) is 9.20. The zero-order chi connectivity index (χ0) is 35.3. The highest BCUT2D eigenvalue weighted by Gasteiger charge is 2.54. The molecule has 0 radical (unpaired) electrons. The average molecular weight is 684 g/mol. The van der Waals surface area contributed by atoms with Crippen molar-refractivity contribution in [3.63, 3.8) is 0 Å². The van der Waals surface area contributed by atoms with E-state index in [0.29, 0.717) is 38.8 Å². The van der Waals surface area contributed by atoms with Crippen LogP contribution in [0, 0.1) is 18.3 Å². The Kier molecular flexibility index (Phi) is 9.20. The summed E-state index contributed by atoms with van der Waals surface area (Å²) in [5, 5.41) is 18.0. The lowest BCUT2D eigenvalue weighted by Crippen LogP contribution is -2.54. The van der Waals surface area contributed by atoms with E-state index in [2.05, 4.69) is 63.3 Å². The largest absolute Gasteiger partial charge is 0.496 e. The third kappa shape index (κ3) is 6.63. The summed E-state index contributed by atoms with van der Waals surface area (Å²) >= 11 is 0. The Morgan fingerprint density at radius 2 is 1.68 bits per heavy atom. The van der Waals surface area contributed by atoms with Crippen molar-refractivity contribution in [2.24, 2.45) is 11.3 Å². The fourth-order valence-corrected chi connectivity index (χ4v) is 8.97. The summed E-state index contributed by atoms with van der Waals surface area (Å²) in [7, 11) is 1.73. The highest BCUT2D eigenvalue weighted by Crippen LogP contribution is 2.62. The minimum Gasteiger partial charge on any atom is -0.496 e. The van der Waals surface area contributed by atoms with Gasteiger partial charge in [-0.3, -0.25) is 14.5 Å². The molecule has 5 fully saturated rings. The minimum atomic E-state index is -0.457. The van der Waals surface area contributed by atoms with Crippen molar-refractivity contribution < 1.29 is 24.2 Å². The van der Waals surface area contributed by atoms with Crippen LogP contribution in [0.25, 0.3) is 11.3 Å². The number of aliphatic hydroxyl groups is 1. The maximum atomic E-state index is 14.2. The lowest BCUT2D eigenvalue weighted by atomic mass is 9.49. The maximum absolute atomic E-state index is 14.2. The van der Waals surface area contributed by atoms with Gasteiger partial charge in [0.15, 0.2) is 0 Å². The average Bonchev–Trinajstić information content (AvgIpc) is 3.62. The normalized spacial score (nSPS) is 27.4. The minimum absolute atomic E-state index is 0.0671. The molecule has 2 bridgehead atoms. The van der Waals surface area contributed by atoms with Crippen LogP contribution in [0.2, 0.25) is 0 Å². The number of ether oxygens (including phenoxy) is 2. The third-order valence-electron chi connectivity index (χ3n) is 12.3. The molecule has 2 amide bonds. The van der Waals surface area contributed by atoms with Crippen LogP contribution >= 0.6 is 0 Å². The number of hydrogen-bond donors (Lipinski definition) is 2. The summed E-state index contributed by atoms with van der Waals surface area (Å²) in [6.07, 6.45) is 11.8. The van der Waals surface area contributed by atoms with Crippen LogP contribution < -0.4 is 10.1 Å². The first-order valence-electron chi connectivity index (χ1n) is 18.5. The molecule has 2 aromatic heterocycles. The number of β-amino-alcohol motifs (C(OH)–C–C–N with tert-alkyl or cyclic N) is 1. The number of rotatable bonds is 8. The van der Waals surface area contributed by atoms with Gasteiger partial charge >= 0.3 is 6.09 Å². The maximum Gasteiger partial charge on any atom is 0.410 e. The fraction of sp³-hybridized carbons (Fsp3) is 0.600. The summed E-state index contributed by atoms with van der Waals surface area (Å²) in [5.74, 6) is 0.849. The van der Waals surface area contributed by atoms with Gasteiger partial charge in [0.1, 0.15) is 11.9 Å². The van der Waals surface area contributed by atoms with E-state index in [-0.39, 0.29) is 46.4 Å². The molecule has 1 aliphatic heterocycles. The van der Waals surface area contributed by atoms with Gasteiger partial charge in [-0.1, -0.05) is 12.1 Å². The number of amides is 2. The first-order chi connectivity index (χ1) is 23.9. The lowest BCUT2D eigenvalue weighted by Gasteiger charge is -2.56. The van der Waals surface area contributed by atoms with E-state index in [1.807, 2.05) is 23.1 Å². The number of carbonyl (C=O) groups excluding carboxylic acids is 2. The van der Waals surface area contributed by atoms with Gasteiger partial charge in [-0.25, -0.2) is 4.79 Å². The summed E-state index contributed by atoms with van der Waals surface area (Å²) in [6, 6.07) is 12.7. The van der Waals surface area contributed by atoms with E-state index < -0.39 is 6.10 Å². The van der Waals surface area contributed by atoms with Gasteiger partial charge in [0.25, 0.3) is 0 Å². The van der Waals surface area contributed by atoms with Gasteiger partial charge in [0.2, 0.25) is 5.91 Å². The predicted octanol–water partition coefficient (Wildman–Crippen LogP) is 6.84. The van der Waals surface area contributed by atoms with Crippen LogP contribution in [0.5, 0.6) is 5.75 Å². The van der Waals surface area contributed by atoms with Crippen LogP contribution in [0.1, 0.15) is 108 Å². The first kappa shape index (κ1) is 34.5. The predicted molar refractivity (Wildman–Crippen MR) is 191 cm³/mol. The van der Waals surface area contributed by atoms with Crippen LogP contribution in [0.15, 0.2) is 48.8 Å². The highest BCUT2D eigenvalue weighted by atomic mass is 16.6. The van der Waals surface area contributed by atoms with E-state index in [9.17, 15) is 14.7 Å². The number of hydrogen-bond acceptors (Lipinski definition) is 7. The molecule has 1 unspecified atom stereocenters. The Balaban J connectivity index is 1.11. The third-order valence-corrected chi connectivity index (χ3v) is 12.3. The molecular formula is C40H53N5O5. The molecular weight excluding hydrogens is 630 g/mol. The number of aliphatic hydroxyl groups excluding tert-OH is 1. The van der Waals surface area contributed by atoms with Gasteiger partial charge in [-0.2, -0.15) is 5.10 Å². The second kappa shape index (κ2) is 13.3. The van der Waals surface area contributed by atoms with Crippen molar-refractivity contribution in [2.45, 2.75) is 121 Å². The van der Waals surface area contributed by atoms with Gasteiger partial charge in [0, 0.05) is 23.9 Å². The molecule has 1 saturated heterocycles. The van der Waals surface area contributed by atoms with Gasteiger partial charge in [0.05, 0.1) is 49.3 Å². The molecule has 1 aromatic carbocycles. The quantitative estimate of drug-likeness (QED) is 0.267. The second-order valence-electron chi connectivity index (χ2n) is 16.5. The van der Waals surface area contributed by atoms with E-state index in [1.54, 1.807) is 7.11 Å². The van der Waals surface area contributed by atoms with Crippen LogP contribution in [0.4, 0.5) is 4.79 Å². The van der Waals surface area contributed by atoms with E-state index in [1.165, 1.54) is 16.0 Å². The molecule has 4 saturated carbocycles. The molecule has 50 heavy (non-hydrogen) atoms. The fourth-order valence-electron chi connectivity index (χ4n) is 8.97. The molecule has 3 aromatic rings. The second-order valence-corrected chi connectivity index (χ2v) is 16.5. The highest BCUT2D eigenvalue weighted by molar-refractivity contribution is 5.79. The number of nitrogens with one attached hydrogen (secondary N) is 1. The van der Waals surface area contributed by atoms with E-state index in [4.69, 9.17) is 19.6 Å². The molecule has 10 heteroatoms. The Morgan fingerprint density at radius 3 is 2.28 bits per heavy atom.